The summed E-state index contributed by atoms with van der Waals surface area (Å²) in [6.07, 6.45) is 0.755. The first kappa shape index (κ1) is 18.7. The van der Waals surface area contributed by atoms with Gasteiger partial charge < -0.3 is 4.90 Å². The monoisotopic (exact) mass is 412 g/mol. The number of nitrogens with zero attached hydrogens (tertiary/aromatic N) is 1. The van der Waals surface area contributed by atoms with Crippen molar-refractivity contribution in [2.24, 2.45) is 0 Å². The molecule has 0 saturated carbocycles. The van der Waals surface area contributed by atoms with E-state index in [4.69, 9.17) is 0 Å². The van der Waals surface area contributed by atoms with Crippen LogP contribution in [-0.4, -0.2) is 25.8 Å². The molecule has 1 amide bonds. The molecule has 0 atom stereocenters. The van der Waals surface area contributed by atoms with Crippen molar-refractivity contribution in [2.45, 2.75) is 24.1 Å². The number of carbonyl (C=O) groups is 1. The fourth-order valence-corrected chi connectivity index (χ4v) is 5.65. The Morgan fingerprint density at radius 1 is 1.04 bits per heavy atom. The van der Waals surface area contributed by atoms with Crippen molar-refractivity contribution in [1.82, 2.24) is 4.90 Å². The molecule has 7 heteroatoms. The molecular formula is C21H20N2O3S2. The highest BCUT2D eigenvalue weighted by Gasteiger charge is 2.23. The maximum atomic E-state index is 12.7. The van der Waals surface area contributed by atoms with Crippen molar-refractivity contribution in [3.63, 3.8) is 0 Å². The average molecular weight is 413 g/mol. The molecule has 4 rings (SSSR count). The summed E-state index contributed by atoms with van der Waals surface area (Å²) >= 11 is 1.24. The fraction of sp³-hybridized carbons (Fsp3) is 0.190. The Morgan fingerprint density at radius 3 is 2.54 bits per heavy atom. The van der Waals surface area contributed by atoms with Crippen LogP contribution >= 0.6 is 11.3 Å². The van der Waals surface area contributed by atoms with E-state index in [9.17, 15) is 13.2 Å². The van der Waals surface area contributed by atoms with Gasteiger partial charge in [-0.2, -0.15) is 0 Å². The lowest BCUT2D eigenvalue weighted by atomic mass is 9.98. The summed E-state index contributed by atoms with van der Waals surface area (Å²) in [7, 11) is -3.60. The van der Waals surface area contributed by atoms with E-state index >= 15 is 0 Å². The minimum Gasteiger partial charge on any atom is -0.334 e. The van der Waals surface area contributed by atoms with Crippen LogP contribution in [0, 0.1) is 6.92 Å². The normalized spacial score (nSPS) is 13.8. The SMILES string of the molecule is Cc1ccc(S(=O)(=O)Nc2ccc3c(c2)CN(C(=O)c2ccccc2)CC3)s1. The Labute approximate surface area is 168 Å². The zero-order valence-corrected chi connectivity index (χ0v) is 17.0. The second-order valence-electron chi connectivity index (χ2n) is 6.80. The number of anilines is 1. The zero-order valence-electron chi connectivity index (χ0n) is 15.4. The van der Waals surface area contributed by atoms with E-state index in [0.29, 0.717) is 28.5 Å². The van der Waals surface area contributed by atoms with Crippen LogP contribution in [0.4, 0.5) is 5.69 Å². The highest BCUT2D eigenvalue weighted by Crippen LogP contribution is 2.27. The highest BCUT2D eigenvalue weighted by atomic mass is 32.2. The number of rotatable bonds is 4. The van der Waals surface area contributed by atoms with E-state index in [1.807, 2.05) is 49.4 Å². The quantitative estimate of drug-likeness (QED) is 0.703. The van der Waals surface area contributed by atoms with Crippen LogP contribution in [0.3, 0.4) is 0 Å². The van der Waals surface area contributed by atoms with E-state index in [0.717, 1.165) is 22.4 Å². The maximum absolute atomic E-state index is 12.7. The van der Waals surface area contributed by atoms with Crippen molar-refractivity contribution in [2.75, 3.05) is 11.3 Å². The first-order valence-electron chi connectivity index (χ1n) is 8.98. The zero-order chi connectivity index (χ0) is 19.7. The maximum Gasteiger partial charge on any atom is 0.271 e. The molecule has 3 aromatic rings. The highest BCUT2D eigenvalue weighted by molar-refractivity contribution is 7.94. The van der Waals surface area contributed by atoms with Gasteiger partial charge in [0.15, 0.2) is 0 Å². The van der Waals surface area contributed by atoms with Crippen LogP contribution in [0.15, 0.2) is 64.9 Å². The van der Waals surface area contributed by atoms with Crippen molar-refractivity contribution in [1.29, 1.82) is 0 Å². The molecule has 1 aliphatic heterocycles. The van der Waals surface area contributed by atoms with E-state index in [2.05, 4.69) is 4.72 Å². The summed E-state index contributed by atoms with van der Waals surface area (Å²) in [6.45, 7) is 3.00. The molecule has 0 aliphatic carbocycles. The number of carbonyl (C=O) groups excluding carboxylic acids is 1. The summed E-state index contributed by atoms with van der Waals surface area (Å²) in [6, 6.07) is 18.2. The Morgan fingerprint density at radius 2 is 1.82 bits per heavy atom. The second kappa shape index (κ2) is 7.41. The Bertz CT molecular complexity index is 1120. The molecular weight excluding hydrogens is 392 g/mol. The number of fused-ring (bicyclic) bond motifs is 1. The lowest BCUT2D eigenvalue weighted by Crippen LogP contribution is -2.36. The van der Waals surface area contributed by atoms with Crippen molar-refractivity contribution in [3.05, 3.63) is 82.2 Å². The molecule has 0 spiro atoms. The van der Waals surface area contributed by atoms with E-state index in [-0.39, 0.29) is 5.91 Å². The van der Waals surface area contributed by atoms with Crippen molar-refractivity contribution in [3.8, 4) is 0 Å². The second-order valence-corrected chi connectivity index (χ2v) is 9.99. The van der Waals surface area contributed by atoms with Gasteiger partial charge in [0.25, 0.3) is 15.9 Å². The molecule has 1 aliphatic rings. The van der Waals surface area contributed by atoms with Crippen LogP contribution in [-0.2, 0) is 23.0 Å². The summed E-state index contributed by atoms with van der Waals surface area (Å²) in [5, 5.41) is 0. The van der Waals surface area contributed by atoms with Crippen molar-refractivity contribution < 1.29 is 13.2 Å². The lowest BCUT2D eigenvalue weighted by molar-refractivity contribution is 0.0734. The molecule has 1 aromatic heterocycles. The van der Waals surface area contributed by atoms with E-state index in [1.54, 1.807) is 23.1 Å². The molecule has 0 unspecified atom stereocenters. The van der Waals surface area contributed by atoms with E-state index in [1.165, 1.54) is 11.3 Å². The van der Waals surface area contributed by atoms with Gasteiger partial charge in [0.2, 0.25) is 0 Å². The van der Waals surface area contributed by atoms with Gasteiger partial charge in [0, 0.05) is 29.2 Å². The molecule has 2 aromatic carbocycles. The molecule has 0 radical (unpaired) electrons. The van der Waals surface area contributed by atoms with Crippen LogP contribution in [0.25, 0.3) is 0 Å². The Kier molecular flexibility index (Phi) is 4.95. The average Bonchev–Trinajstić information content (AvgIpc) is 3.15. The number of aryl methyl sites for hydroxylation is 1. The third-order valence-electron chi connectivity index (χ3n) is 4.76. The smallest absolute Gasteiger partial charge is 0.271 e. The van der Waals surface area contributed by atoms with Gasteiger partial charge in [-0.05, 0) is 60.9 Å². The summed E-state index contributed by atoms with van der Waals surface area (Å²) < 4.78 is 28.1. The fourth-order valence-electron chi connectivity index (χ4n) is 3.32. The lowest BCUT2D eigenvalue weighted by Gasteiger charge is -2.29. The summed E-state index contributed by atoms with van der Waals surface area (Å²) in [5.74, 6) is -0.00806. The number of sulfonamides is 1. The number of hydrogen-bond donors (Lipinski definition) is 1. The number of hydrogen-bond acceptors (Lipinski definition) is 4. The van der Waals surface area contributed by atoms with Gasteiger partial charge in [-0.3, -0.25) is 9.52 Å². The first-order valence-corrected chi connectivity index (χ1v) is 11.3. The van der Waals surface area contributed by atoms with Crippen LogP contribution in [0.2, 0.25) is 0 Å². The topological polar surface area (TPSA) is 66.5 Å². The minimum absolute atomic E-state index is 0.00806. The third-order valence-corrected chi connectivity index (χ3v) is 7.63. The van der Waals surface area contributed by atoms with Crippen molar-refractivity contribution >= 4 is 33.0 Å². The number of thiophene rings is 1. The van der Waals surface area contributed by atoms with Gasteiger partial charge in [-0.25, -0.2) is 8.42 Å². The van der Waals surface area contributed by atoms with Gasteiger partial charge in [-0.15, -0.1) is 11.3 Å². The predicted octanol–water partition coefficient (Wildman–Crippen LogP) is 4.06. The van der Waals surface area contributed by atoms with Gasteiger partial charge in [0.1, 0.15) is 4.21 Å². The summed E-state index contributed by atoms with van der Waals surface area (Å²) in [5.41, 5.74) is 3.29. The minimum atomic E-state index is -3.60. The Hall–Kier alpha value is -2.64. The molecule has 5 nitrogen and oxygen atoms in total. The number of nitrogens with one attached hydrogen (secondary N) is 1. The van der Waals surface area contributed by atoms with Crippen LogP contribution in [0.5, 0.6) is 0 Å². The van der Waals surface area contributed by atoms with Gasteiger partial charge in [0.05, 0.1) is 0 Å². The molecule has 0 saturated heterocycles. The molecule has 0 bridgehead atoms. The molecule has 144 valence electrons. The van der Waals surface area contributed by atoms with Crippen LogP contribution in [0.1, 0.15) is 26.4 Å². The first-order chi connectivity index (χ1) is 13.4. The Balaban J connectivity index is 1.55. The molecule has 0 fully saturated rings. The van der Waals surface area contributed by atoms with Crippen LogP contribution < -0.4 is 4.72 Å². The summed E-state index contributed by atoms with van der Waals surface area (Å²) in [4.78, 5) is 15.5. The predicted molar refractivity (Wildman–Crippen MR) is 111 cm³/mol. The largest absolute Gasteiger partial charge is 0.334 e. The standard InChI is InChI=1S/C21H20N2O3S2/c1-15-7-10-20(27-15)28(25,26)22-19-9-8-16-11-12-23(14-18(16)13-19)21(24)17-5-3-2-4-6-17/h2-10,13,22H,11-12,14H2,1H3. The van der Waals surface area contributed by atoms with Gasteiger partial charge >= 0.3 is 0 Å². The molecule has 2 heterocycles. The third kappa shape index (κ3) is 3.81. The number of benzene rings is 2. The molecule has 1 N–H and O–H groups in total. The van der Waals surface area contributed by atoms with Gasteiger partial charge in [-0.1, -0.05) is 24.3 Å². The number of amides is 1. The van der Waals surface area contributed by atoms with E-state index < -0.39 is 10.0 Å². The molecule has 28 heavy (non-hydrogen) atoms.